The van der Waals surface area contributed by atoms with E-state index in [-0.39, 0.29) is 30.5 Å². The van der Waals surface area contributed by atoms with Crippen LogP contribution in [0.25, 0.3) is 0 Å². The topological polar surface area (TPSA) is 87.3 Å². The summed E-state index contributed by atoms with van der Waals surface area (Å²) in [5.74, 6) is -1.71. The molecule has 0 aliphatic rings. The Labute approximate surface area is 157 Å². The van der Waals surface area contributed by atoms with E-state index in [1.807, 2.05) is 6.92 Å². The predicted octanol–water partition coefficient (Wildman–Crippen LogP) is 2.61. The van der Waals surface area contributed by atoms with Crippen molar-refractivity contribution in [2.45, 2.75) is 26.3 Å². The highest BCUT2D eigenvalue weighted by Crippen LogP contribution is 2.10. The lowest BCUT2D eigenvalue weighted by Crippen LogP contribution is -2.36. The van der Waals surface area contributed by atoms with E-state index in [4.69, 9.17) is 0 Å². The van der Waals surface area contributed by atoms with Crippen molar-refractivity contribution in [3.8, 4) is 0 Å². The van der Waals surface area contributed by atoms with Crippen LogP contribution in [-0.4, -0.2) is 24.3 Å². The minimum Gasteiger partial charge on any atom is -0.350 e. The van der Waals surface area contributed by atoms with Gasteiger partial charge in [-0.05, 0) is 36.2 Å². The van der Waals surface area contributed by atoms with Crippen LogP contribution in [0.1, 0.15) is 35.7 Å². The molecule has 7 heteroatoms. The molecule has 2 aromatic carbocycles. The lowest BCUT2D eigenvalue weighted by Gasteiger charge is -2.09. The molecule has 0 unspecified atom stereocenters. The third-order valence-corrected chi connectivity index (χ3v) is 3.73. The maximum Gasteiger partial charge on any atom is 0.254 e. The number of nitrogens with one attached hydrogen (secondary N) is 3. The zero-order valence-electron chi connectivity index (χ0n) is 15.0. The van der Waals surface area contributed by atoms with Crippen LogP contribution in [0.5, 0.6) is 0 Å². The van der Waals surface area contributed by atoms with Crippen molar-refractivity contribution < 1.29 is 18.8 Å². The summed E-state index contributed by atoms with van der Waals surface area (Å²) in [7, 11) is 0. The summed E-state index contributed by atoms with van der Waals surface area (Å²) in [6.45, 7) is 1.96. The molecule has 0 atom stereocenters. The Morgan fingerprint density at radius 2 is 1.63 bits per heavy atom. The van der Waals surface area contributed by atoms with E-state index in [0.717, 1.165) is 12.0 Å². The largest absolute Gasteiger partial charge is 0.350 e. The molecule has 0 aromatic heterocycles. The average Bonchev–Trinajstić information content (AvgIpc) is 2.66. The molecule has 0 saturated carbocycles. The van der Waals surface area contributed by atoms with Crippen LogP contribution in [0.2, 0.25) is 0 Å². The van der Waals surface area contributed by atoms with Crippen LogP contribution in [0.3, 0.4) is 0 Å². The summed E-state index contributed by atoms with van der Waals surface area (Å²) in [5, 5.41) is 7.83. The Morgan fingerprint density at radius 3 is 2.30 bits per heavy atom. The molecule has 0 bridgehead atoms. The van der Waals surface area contributed by atoms with Crippen LogP contribution >= 0.6 is 0 Å². The first-order valence-corrected chi connectivity index (χ1v) is 8.67. The quantitative estimate of drug-likeness (QED) is 0.667. The molecule has 0 fully saturated rings. The van der Waals surface area contributed by atoms with E-state index in [0.29, 0.717) is 12.1 Å². The fourth-order valence-electron chi connectivity index (χ4n) is 2.32. The van der Waals surface area contributed by atoms with Crippen molar-refractivity contribution in [3.05, 3.63) is 65.5 Å². The van der Waals surface area contributed by atoms with Gasteiger partial charge >= 0.3 is 0 Å². The van der Waals surface area contributed by atoms with Gasteiger partial charge in [0, 0.05) is 18.7 Å². The smallest absolute Gasteiger partial charge is 0.254 e. The maximum absolute atomic E-state index is 13.5. The number of hydrogen-bond donors (Lipinski definition) is 3. The SMILES string of the molecule is CCCC(=O)Nc1ccc(CNC(=O)CNC(=O)c2ccccc2F)cc1. The van der Waals surface area contributed by atoms with Crippen LogP contribution in [-0.2, 0) is 16.1 Å². The van der Waals surface area contributed by atoms with E-state index in [1.54, 1.807) is 30.3 Å². The Kier molecular flexibility index (Phi) is 7.49. The van der Waals surface area contributed by atoms with Gasteiger partial charge in [0.05, 0.1) is 12.1 Å². The first-order chi connectivity index (χ1) is 13.0. The summed E-state index contributed by atoms with van der Waals surface area (Å²) in [6.07, 6.45) is 1.25. The van der Waals surface area contributed by atoms with Crippen molar-refractivity contribution in [3.63, 3.8) is 0 Å². The molecule has 0 radical (unpaired) electrons. The van der Waals surface area contributed by atoms with Gasteiger partial charge in [0.25, 0.3) is 5.91 Å². The molecular formula is C20H22FN3O3. The molecule has 3 N–H and O–H groups in total. The van der Waals surface area contributed by atoms with Crippen LogP contribution in [0.4, 0.5) is 10.1 Å². The Bertz CT molecular complexity index is 806. The minimum absolute atomic E-state index is 0.0378. The number of rotatable bonds is 8. The molecule has 0 heterocycles. The van der Waals surface area contributed by atoms with E-state index in [9.17, 15) is 18.8 Å². The highest BCUT2D eigenvalue weighted by molar-refractivity contribution is 5.96. The van der Waals surface area contributed by atoms with Gasteiger partial charge in [-0.3, -0.25) is 14.4 Å². The molecule has 2 aromatic rings. The molecule has 0 spiro atoms. The first kappa shape index (κ1) is 20.1. The maximum atomic E-state index is 13.5. The normalized spacial score (nSPS) is 10.1. The van der Waals surface area contributed by atoms with E-state index < -0.39 is 11.7 Å². The van der Waals surface area contributed by atoms with Gasteiger partial charge in [0.2, 0.25) is 11.8 Å². The number of hydrogen-bond acceptors (Lipinski definition) is 3. The lowest BCUT2D eigenvalue weighted by molar-refractivity contribution is -0.120. The summed E-state index contributed by atoms with van der Waals surface area (Å²) >= 11 is 0. The summed E-state index contributed by atoms with van der Waals surface area (Å²) < 4.78 is 13.5. The van der Waals surface area contributed by atoms with Crippen LogP contribution in [0, 0.1) is 5.82 Å². The predicted molar refractivity (Wildman–Crippen MR) is 101 cm³/mol. The summed E-state index contributed by atoms with van der Waals surface area (Å²) in [5.41, 5.74) is 1.43. The highest BCUT2D eigenvalue weighted by Gasteiger charge is 2.11. The van der Waals surface area contributed by atoms with Crippen molar-refractivity contribution in [2.75, 3.05) is 11.9 Å². The molecule has 0 aliphatic carbocycles. The van der Waals surface area contributed by atoms with E-state index in [2.05, 4.69) is 16.0 Å². The van der Waals surface area contributed by atoms with Crippen molar-refractivity contribution in [1.82, 2.24) is 10.6 Å². The minimum atomic E-state index is -0.643. The summed E-state index contributed by atoms with van der Waals surface area (Å²) in [4.78, 5) is 35.2. The third kappa shape index (κ3) is 6.54. The molecule has 0 aliphatic heterocycles. The zero-order chi connectivity index (χ0) is 19.6. The zero-order valence-corrected chi connectivity index (χ0v) is 15.0. The Hall–Kier alpha value is -3.22. The summed E-state index contributed by atoms with van der Waals surface area (Å²) in [6, 6.07) is 12.7. The molecule has 2 rings (SSSR count). The standard InChI is InChI=1S/C20H22FN3O3/c1-2-5-18(25)24-15-10-8-14(9-11-15)12-22-19(26)13-23-20(27)16-6-3-4-7-17(16)21/h3-4,6-11H,2,5,12-13H2,1H3,(H,22,26)(H,23,27)(H,24,25). The fourth-order valence-corrected chi connectivity index (χ4v) is 2.32. The number of benzene rings is 2. The van der Waals surface area contributed by atoms with E-state index in [1.165, 1.54) is 18.2 Å². The third-order valence-electron chi connectivity index (χ3n) is 3.73. The Balaban J connectivity index is 1.76. The molecule has 0 saturated heterocycles. The monoisotopic (exact) mass is 371 g/mol. The fraction of sp³-hybridized carbons (Fsp3) is 0.250. The number of amides is 3. The average molecular weight is 371 g/mol. The second-order valence-corrected chi connectivity index (χ2v) is 5.93. The molecule has 27 heavy (non-hydrogen) atoms. The van der Waals surface area contributed by atoms with Crippen molar-refractivity contribution in [2.24, 2.45) is 0 Å². The van der Waals surface area contributed by atoms with Gasteiger partial charge in [-0.1, -0.05) is 31.2 Å². The van der Waals surface area contributed by atoms with Gasteiger partial charge in [0.15, 0.2) is 0 Å². The molecule has 6 nitrogen and oxygen atoms in total. The number of anilines is 1. The Morgan fingerprint density at radius 1 is 0.926 bits per heavy atom. The van der Waals surface area contributed by atoms with Crippen molar-refractivity contribution >= 4 is 23.4 Å². The van der Waals surface area contributed by atoms with Crippen molar-refractivity contribution in [1.29, 1.82) is 0 Å². The van der Waals surface area contributed by atoms with Crippen LogP contribution in [0.15, 0.2) is 48.5 Å². The van der Waals surface area contributed by atoms with Gasteiger partial charge in [-0.2, -0.15) is 0 Å². The molecule has 3 amide bonds. The van der Waals surface area contributed by atoms with Gasteiger partial charge < -0.3 is 16.0 Å². The molecular weight excluding hydrogens is 349 g/mol. The highest BCUT2D eigenvalue weighted by atomic mass is 19.1. The lowest BCUT2D eigenvalue weighted by atomic mass is 10.2. The first-order valence-electron chi connectivity index (χ1n) is 8.67. The second kappa shape index (κ2) is 10.1. The van der Waals surface area contributed by atoms with Crippen LogP contribution < -0.4 is 16.0 Å². The number of halogens is 1. The van der Waals surface area contributed by atoms with E-state index >= 15 is 0 Å². The number of carbonyl (C=O) groups excluding carboxylic acids is 3. The van der Waals surface area contributed by atoms with Gasteiger partial charge in [-0.15, -0.1) is 0 Å². The molecule has 142 valence electrons. The van der Waals surface area contributed by atoms with Gasteiger partial charge in [0.1, 0.15) is 5.82 Å². The van der Waals surface area contributed by atoms with Gasteiger partial charge in [-0.25, -0.2) is 4.39 Å². The second-order valence-electron chi connectivity index (χ2n) is 5.93. The number of carbonyl (C=O) groups is 3.